The van der Waals surface area contributed by atoms with Gasteiger partial charge in [-0.15, -0.1) is 0 Å². The number of carboxylic acids is 1. The van der Waals surface area contributed by atoms with E-state index in [1.165, 1.54) is 19.3 Å². The maximum absolute atomic E-state index is 10.3. The fourth-order valence-electron chi connectivity index (χ4n) is 2.07. The molecule has 1 atom stereocenters. The van der Waals surface area contributed by atoms with Gasteiger partial charge in [0, 0.05) is 12.8 Å². The van der Waals surface area contributed by atoms with Gasteiger partial charge in [-0.3, -0.25) is 4.79 Å². The minimum Gasteiger partial charge on any atom is -0.481 e. The van der Waals surface area contributed by atoms with E-state index in [2.05, 4.69) is 9.93 Å². The van der Waals surface area contributed by atoms with Crippen LogP contribution in [0.1, 0.15) is 64.2 Å². The lowest BCUT2D eigenvalue weighted by Gasteiger charge is -2.19. The van der Waals surface area contributed by atoms with E-state index in [0.717, 1.165) is 38.5 Å². The lowest BCUT2D eigenvalue weighted by atomic mass is 10.0. The van der Waals surface area contributed by atoms with Gasteiger partial charge in [-0.1, -0.05) is 43.6 Å². The summed E-state index contributed by atoms with van der Waals surface area (Å²) in [6.45, 7) is 0.619. The molecule has 1 heterocycles. The molecule has 0 aromatic rings. The smallest absolute Gasteiger partial charge is 0.303 e. The Morgan fingerprint density at radius 3 is 2.33 bits per heavy atom. The summed E-state index contributed by atoms with van der Waals surface area (Å²) in [5.74, 6) is -0.686. The lowest BCUT2D eigenvalue weighted by molar-refractivity contribution is -0.549. The average Bonchev–Trinajstić information content (AvgIpc) is 2.37. The summed E-state index contributed by atoms with van der Waals surface area (Å²) < 4.78 is 0. The second-order valence-corrected chi connectivity index (χ2v) is 4.80. The highest BCUT2D eigenvalue weighted by molar-refractivity contribution is 5.66. The minimum atomic E-state index is -0.686. The third kappa shape index (κ3) is 8.44. The van der Waals surface area contributed by atoms with Crippen LogP contribution in [-0.2, 0) is 19.6 Å². The highest BCUT2D eigenvalue weighted by Gasteiger charge is 2.15. The zero-order valence-corrected chi connectivity index (χ0v) is 10.9. The third-order valence-electron chi connectivity index (χ3n) is 3.16. The van der Waals surface area contributed by atoms with Crippen LogP contribution < -0.4 is 0 Å². The van der Waals surface area contributed by atoms with Crippen molar-refractivity contribution in [2.75, 3.05) is 6.61 Å². The monoisotopic (exact) mass is 260 g/mol. The van der Waals surface area contributed by atoms with Gasteiger partial charge < -0.3 is 5.11 Å². The molecule has 5 nitrogen and oxygen atoms in total. The van der Waals surface area contributed by atoms with Crippen molar-refractivity contribution in [1.29, 1.82) is 0 Å². The maximum atomic E-state index is 10.3. The summed E-state index contributed by atoms with van der Waals surface area (Å²) in [5, 5.41) is 13.0. The van der Waals surface area contributed by atoms with Crippen molar-refractivity contribution in [3.05, 3.63) is 0 Å². The van der Waals surface area contributed by atoms with E-state index in [4.69, 9.17) is 9.99 Å². The fraction of sp³-hybridized carbons (Fsp3) is 0.923. The Balaban J connectivity index is 1.76. The van der Waals surface area contributed by atoms with Crippen LogP contribution >= 0.6 is 0 Å². The molecule has 1 saturated heterocycles. The van der Waals surface area contributed by atoms with Crippen molar-refractivity contribution in [2.45, 2.75) is 70.3 Å². The average molecular weight is 260 g/mol. The van der Waals surface area contributed by atoms with Crippen molar-refractivity contribution < 1.29 is 24.7 Å². The molecule has 1 rings (SSSR count). The number of hydrogen-bond donors (Lipinski definition) is 1. The SMILES string of the molecule is O=C(O)CCCCCCCCCC1CCOOO1. The van der Waals surface area contributed by atoms with Crippen molar-refractivity contribution in [3.63, 3.8) is 0 Å². The van der Waals surface area contributed by atoms with Crippen molar-refractivity contribution in [3.8, 4) is 0 Å². The largest absolute Gasteiger partial charge is 0.481 e. The summed E-state index contributed by atoms with van der Waals surface area (Å²) in [6.07, 6.45) is 10.2. The van der Waals surface area contributed by atoms with E-state index in [0.29, 0.717) is 13.0 Å². The van der Waals surface area contributed by atoms with Crippen LogP contribution in [0, 0.1) is 0 Å². The van der Waals surface area contributed by atoms with E-state index in [9.17, 15) is 4.79 Å². The molecule has 0 spiro atoms. The zero-order valence-electron chi connectivity index (χ0n) is 10.9. The van der Waals surface area contributed by atoms with Gasteiger partial charge in [-0.2, -0.15) is 0 Å². The van der Waals surface area contributed by atoms with Gasteiger partial charge in [-0.25, -0.2) is 9.78 Å². The van der Waals surface area contributed by atoms with E-state index in [1.807, 2.05) is 0 Å². The Hall–Kier alpha value is -0.650. The van der Waals surface area contributed by atoms with Crippen molar-refractivity contribution in [1.82, 2.24) is 0 Å². The van der Waals surface area contributed by atoms with Crippen molar-refractivity contribution >= 4 is 5.97 Å². The lowest BCUT2D eigenvalue weighted by Crippen LogP contribution is -2.21. The first-order valence-electron chi connectivity index (χ1n) is 6.96. The molecule has 0 aromatic heterocycles. The highest BCUT2D eigenvalue weighted by Crippen LogP contribution is 2.16. The Bertz CT molecular complexity index is 213. The third-order valence-corrected chi connectivity index (χ3v) is 3.16. The maximum Gasteiger partial charge on any atom is 0.303 e. The molecule has 1 unspecified atom stereocenters. The predicted octanol–water partition coefficient (Wildman–Crippen LogP) is 3.23. The van der Waals surface area contributed by atoms with Crippen molar-refractivity contribution in [2.24, 2.45) is 0 Å². The summed E-state index contributed by atoms with van der Waals surface area (Å²) >= 11 is 0. The molecule has 0 amide bonds. The Labute approximate surface area is 108 Å². The fourth-order valence-corrected chi connectivity index (χ4v) is 2.07. The summed E-state index contributed by atoms with van der Waals surface area (Å²) in [4.78, 5) is 19.9. The van der Waals surface area contributed by atoms with E-state index in [-0.39, 0.29) is 6.10 Å². The van der Waals surface area contributed by atoms with E-state index < -0.39 is 5.97 Å². The first-order chi connectivity index (χ1) is 8.79. The zero-order chi connectivity index (χ0) is 13.1. The molecule has 0 radical (unpaired) electrons. The molecule has 1 N–H and O–H groups in total. The molecule has 1 aliphatic rings. The topological polar surface area (TPSA) is 65.0 Å². The molecule has 106 valence electrons. The molecule has 18 heavy (non-hydrogen) atoms. The number of carboxylic acid groups (broad SMARTS) is 1. The highest BCUT2D eigenvalue weighted by atomic mass is 17.5. The summed E-state index contributed by atoms with van der Waals surface area (Å²) in [7, 11) is 0. The molecule has 0 bridgehead atoms. The van der Waals surface area contributed by atoms with Crippen LogP contribution in [-0.4, -0.2) is 23.8 Å². The van der Waals surface area contributed by atoms with Gasteiger partial charge in [0.25, 0.3) is 0 Å². The number of carbonyl (C=O) groups is 1. The first-order valence-corrected chi connectivity index (χ1v) is 6.96. The molecule has 1 aliphatic heterocycles. The molecular weight excluding hydrogens is 236 g/mol. The normalized spacial score (nSPS) is 19.9. The number of unbranched alkanes of at least 4 members (excludes halogenated alkanes) is 6. The van der Waals surface area contributed by atoms with Gasteiger partial charge in [-0.05, 0) is 12.8 Å². The van der Waals surface area contributed by atoms with Crippen LogP contribution in [0.2, 0.25) is 0 Å². The second-order valence-electron chi connectivity index (χ2n) is 4.80. The quantitative estimate of drug-likeness (QED) is 0.482. The van der Waals surface area contributed by atoms with E-state index in [1.54, 1.807) is 0 Å². The molecule has 0 saturated carbocycles. The summed E-state index contributed by atoms with van der Waals surface area (Å²) in [6, 6.07) is 0. The molecular formula is C13H24O5. The number of rotatable bonds is 10. The molecule has 0 aliphatic carbocycles. The number of hydrogen-bond acceptors (Lipinski definition) is 4. The van der Waals surface area contributed by atoms with Gasteiger partial charge in [0.1, 0.15) is 0 Å². The van der Waals surface area contributed by atoms with E-state index >= 15 is 0 Å². The summed E-state index contributed by atoms with van der Waals surface area (Å²) in [5.41, 5.74) is 0. The first kappa shape index (κ1) is 15.4. The Morgan fingerprint density at radius 2 is 1.72 bits per heavy atom. The Morgan fingerprint density at radius 1 is 1.06 bits per heavy atom. The van der Waals surface area contributed by atoms with Crippen LogP contribution in [0.5, 0.6) is 0 Å². The van der Waals surface area contributed by atoms with Gasteiger partial charge >= 0.3 is 5.97 Å². The molecule has 0 aromatic carbocycles. The predicted molar refractivity (Wildman–Crippen MR) is 65.7 cm³/mol. The molecule has 5 heteroatoms. The van der Waals surface area contributed by atoms with Crippen LogP contribution in [0.25, 0.3) is 0 Å². The van der Waals surface area contributed by atoms with Crippen LogP contribution in [0.4, 0.5) is 0 Å². The Kier molecular flexibility index (Phi) is 8.81. The molecule has 1 fully saturated rings. The van der Waals surface area contributed by atoms with Crippen LogP contribution in [0.15, 0.2) is 0 Å². The van der Waals surface area contributed by atoms with Gasteiger partial charge in [0.05, 0.1) is 12.7 Å². The van der Waals surface area contributed by atoms with Gasteiger partial charge in [0.2, 0.25) is 0 Å². The van der Waals surface area contributed by atoms with Gasteiger partial charge in [0.15, 0.2) is 0 Å². The minimum absolute atomic E-state index is 0.189. The van der Waals surface area contributed by atoms with Crippen LogP contribution in [0.3, 0.4) is 0 Å². The number of aliphatic carboxylic acids is 1. The second kappa shape index (κ2) is 10.3. The standard InChI is InChI=1S/C13H24O5/c14-13(15)9-7-5-3-1-2-4-6-8-12-10-11-16-18-17-12/h12H,1-11H2,(H,14,15).